The van der Waals surface area contributed by atoms with Crippen LogP contribution in [0.25, 0.3) is 0 Å². The molecule has 0 bridgehead atoms. The molecule has 0 amide bonds. The second-order valence-corrected chi connectivity index (χ2v) is 3.92. The van der Waals surface area contributed by atoms with Crippen molar-refractivity contribution in [3.8, 4) is 0 Å². The Labute approximate surface area is 88.9 Å². The molecule has 0 radical (unpaired) electrons. The number of furan rings is 1. The van der Waals surface area contributed by atoms with Gasteiger partial charge in [0, 0.05) is 6.61 Å². The van der Waals surface area contributed by atoms with Gasteiger partial charge in [0.25, 0.3) is 0 Å². The zero-order chi connectivity index (χ0) is 10.2. The highest BCUT2D eigenvalue weighted by atomic mass is 32.2. The van der Waals surface area contributed by atoms with E-state index in [0.717, 1.165) is 36.8 Å². The standard InChI is InChI=1S/C10H17NO2S/c1-14-8-10-4-3-9(13-10)7-11-5-2-6-12/h3-4,11-12H,2,5-8H2,1H3. The maximum absolute atomic E-state index is 8.57. The molecular weight excluding hydrogens is 198 g/mol. The molecule has 1 aromatic heterocycles. The molecule has 1 rings (SSSR count). The molecule has 1 heterocycles. The number of hydrogen-bond acceptors (Lipinski definition) is 4. The highest BCUT2D eigenvalue weighted by Gasteiger charge is 2.00. The predicted octanol–water partition coefficient (Wildman–Crippen LogP) is 1.61. The van der Waals surface area contributed by atoms with E-state index in [2.05, 4.69) is 11.6 Å². The second kappa shape index (κ2) is 6.92. The molecule has 2 N–H and O–H groups in total. The third-order valence-electron chi connectivity index (χ3n) is 1.81. The molecule has 0 spiro atoms. The van der Waals surface area contributed by atoms with E-state index in [1.54, 1.807) is 11.8 Å². The molecule has 80 valence electrons. The lowest BCUT2D eigenvalue weighted by Gasteiger charge is -2.00. The minimum atomic E-state index is 0.239. The Bertz CT molecular complexity index is 250. The molecule has 14 heavy (non-hydrogen) atoms. The smallest absolute Gasteiger partial charge is 0.117 e. The number of aliphatic hydroxyl groups excluding tert-OH is 1. The maximum atomic E-state index is 8.57. The fraction of sp³-hybridized carbons (Fsp3) is 0.600. The van der Waals surface area contributed by atoms with Crippen molar-refractivity contribution in [1.82, 2.24) is 5.32 Å². The Kier molecular flexibility index (Phi) is 5.75. The van der Waals surface area contributed by atoms with Gasteiger partial charge in [-0.3, -0.25) is 0 Å². The normalized spacial score (nSPS) is 10.7. The van der Waals surface area contributed by atoms with Crippen LogP contribution in [-0.2, 0) is 12.3 Å². The van der Waals surface area contributed by atoms with E-state index in [-0.39, 0.29) is 6.61 Å². The number of aliphatic hydroxyl groups is 1. The number of thioether (sulfide) groups is 1. The summed E-state index contributed by atoms with van der Waals surface area (Å²) >= 11 is 1.75. The highest BCUT2D eigenvalue weighted by Crippen LogP contribution is 2.12. The van der Waals surface area contributed by atoms with Crippen LogP contribution in [0, 0.1) is 0 Å². The van der Waals surface area contributed by atoms with Gasteiger partial charge >= 0.3 is 0 Å². The van der Waals surface area contributed by atoms with E-state index < -0.39 is 0 Å². The second-order valence-electron chi connectivity index (χ2n) is 3.05. The van der Waals surface area contributed by atoms with Gasteiger partial charge in [-0.2, -0.15) is 11.8 Å². The van der Waals surface area contributed by atoms with E-state index in [9.17, 15) is 0 Å². The molecule has 0 unspecified atom stereocenters. The van der Waals surface area contributed by atoms with Gasteiger partial charge in [0.05, 0.1) is 12.3 Å². The van der Waals surface area contributed by atoms with Crippen molar-refractivity contribution in [3.63, 3.8) is 0 Å². The van der Waals surface area contributed by atoms with Gasteiger partial charge in [-0.15, -0.1) is 0 Å². The Balaban J connectivity index is 2.22. The van der Waals surface area contributed by atoms with Crippen LogP contribution in [0.4, 0.5) is 0 Å². The zero-order valence-electron chi connectivity index (χ0n) is 8.45. The van der Waals surface area contributed by atoms with Crippen LogP contribution in [0.1, 0.15) is 17.9 Å². The number of nitrogens with one attached hydrogen (secondary N) is 1. The van der Waals surface area contributed by atoms with E-state index >= 15 is 0 Å². The Morgan fingerprint density at radius 3 is 2.93 bits per heavy atom. The van der Waals surface area contributed by atoms with E-state index in [1.807, 2.05) is 12.1 Å². The van der Waals surface area contributed by atoms with Crippen LogP contribution < -0.4 is 5.32 Å². The van der Waals surface area contributed by atoms with Crippen molar-refractivity contribution in [1.29, 1.82) is 0 Å². The first-order chi connectivity index (χ1) is 6.86. The summed E-state index contributed by atoms with van der Waals surface area (Å²) in [6.07, 6.45) is 2.85. The lowest BCUT2D eigenvalue weighted by atomic mass is 10.4. The summed E-state index contributed by atoms with van der Waals surface area (Å²) in [4.78, 5) is 0. The van der Waals surface area contributed by atoms with Crippen molar-refractivity contribution in [3.05, 3.63) is 23.7 Å². The molecule has 0 atom stereocenters. The minimum absolute atomic E-state index is 0.239. The summed E-state index contributed by atoms with van der Waals surface area (Å²) in [6, 6.07) is 4.01. The van der Waals surface area contributed by atoms with E-state index in [0.29, 0.717) is 0 Å². The molecule has 0 aliphatic carbocycles. The van der Waals surface area contributed by atoms with Gasteiger partial charge in [-0.25, -0.2) is 0 Å². The monoisotopic (exact) mass is 215 g/mol. The largest absolute Gasteiger partial charge is 0.464 e. The Hall–Kier alpha value is -0.450. The highest BCUT2D eigenvalue weighted by molar-refractivity contribution is 7.97. The molecule has 0 aliphatic rings. The molecule has 0 aliphatic heterocycles. The van der Waals surface area contributed by atoms with Gasteiger partial charge in [-0.05, 0) is 31.4 Å². The van der Waals surface area contributed by atoms with Gasteiger partial charge in [-0.1, -0.05) is 0 Å². The molecule has 3 nitrogen and oxygen atoms in total. The topological polar surface area (TPSA) is 45.4 Å². The van der Waals surface area contributed by atoms with Crippen LogP contribution >= 0.6 is 11.8 Å². The quantitative estimate of drug-likeness (QED) is 0.678. The summed E-state index contributed by atoms with van der Waals surface area (Å²) in [5.41, 5.74) is 0. The molecule has 4 heteroatoms. The average molecular weight is 215 g/mol. The van der Waals surface area contributed by atoms with E-state index in [4.69, 9.17) is 9.52 Å². The van der Waals surface area contributed by atoms with Crippen molar-refractivity contribution >= 4 is 11.8 Å². The van der Waals surface area contributed by atoms with Gasteiger partial charge in [0.1, 0.15) is 11.5 Å². The lowest BCUT2D eigenvalue weighted by Crippen LogP contribution is -2.15. The summed E-state index contributed by atoms with van der Waals surface area (Å²) in [7, 11) is 0. The lowest BCUT2D eigenvalue weighted by molar-refractivity contribution is 0.285. The van der Waals surface area contributed by atoms with Gasteiger partial charge in [0.2, 0.25) is 0 Å². The van der Waals surface area contributed by atoms with Gasteiger partial charge in [0.15, 0.2) is 0 Å². The number of rotatable bonds is 7. The predicted molar refractivity (Wildman–Crippen MR) is 59.3 cm³/mol. The number of hydrogen-bond donors (Lipinski definition) is 2. The summed E-state index contributed by atoms with van der Waals surface area (Å²) < 4.78 is 5.56. The van der Waals surface area contributed by atoms with Crippen molar-refractivity contribution in [2.24, 2.45) is 0 Å². The third kappa shape index (κ3) is 4.17. The Morgan fingerprint density at radius 2 is 2.21 bits per heavy atom. The van der Waals surface area contributed by atoms with E-state index in [1.165, 1.54) is 0 Å². The average Bonchev–Trinajstić information content (AvgIpc) is 2.61. The zero-order valence-corrected chi connectivity index (χ0v) is 9.27. The van der Waals surface area contributed by atoms with Crippen LogP contribution in [0.5, 0.6) is 0 Å². The fourth-order valence-corrected chi connectivity index (χ4v) is 1.59. The summed E-state index contributed by atoms with van der Waals surface area (Å²) in [5.74, 6) is 2.92. The molecular formula is C10H17NO2S. The van der Waals surface area contributed by atoms with Crippen LogP contribution in [-0.4, -0.2) is 24.5 Å². The molecule has 0 saturated carbocycles. The molecule has 0 aromatic carbocycles. The fourth-order valence-electron chi connectivity index (χ4n) is 1.15. The van der Waals surface area contributed by atoms with Crippen LogP contribution in [0.3, 0.4) is 0 Å². The third-order valence-corrected chi connectivity index (χ3v) is 2.39. The van der Waals surface area contributed by atoms with Crippen molar-refractivity contribution < 1.29 is 9.52 Å². The molecule has 0 fully saturated rings. The first-order valence-electron chi connectivity index (χ1n) is 4.75. The summed E-state index contributed by atoms with van der Waals surface area (Å²) in [5, 5.41) is 11.8. The van der Waals surface area contributed by atoms with Crippen molar-refractivity contribution in [2.45, 2.75) is 18.7 Å². The maximum Gasteiger partial charge on any atom is 0.117 e. The summed E-state index contributed by atoms with van der Waals surface area (Å²) in [6.45, 7) is 1.81. The molecule has 0 saturated heterocycles. The molecule has 1 aromatic rings. The van der Waals surface area contributed by atoms with Crippen LogP contribution in [0.15, 0.2) is 16.5 Å². The van der Waals surface area contributed by atoms with Gasteiger partial charge < -0.3 is 14.8 Å². The van der Waals surface area contributed by atoms with Crippen molar-refractivity contribution in [2.75, 3.05) is 19.4 Å². The SMILES string of the molecule is CSCc1ccc(CNCCCO)o1. The Morgan fingerprint density at radius 1 is 1.43 bits per heavy atom. The first kappa shape index (κ1) is 11.6. The minimum Gasteiger partial charge on any atom is -0.464 e. The van der Waals surface area contributed by atoms with Crippen LogP contribution in [0.2, 0.25) is 0 Å². The first-order valence-corrected chi connectivity index (χ1v) is 6.14.